The maximum Gasteiger partial charge on any atom is 0.220 e. The van der Waals surface area contributed by atoms with Gasteiger partial charge in [-0.3, -0.25) is 0 Å². The van der Waals surface area contributed by atoms with E-state index in [1.807, 2.05) is 6.92 Å². The molecule has 0 aromatic carbocycles. The summed E-state index contributed by atoms with van der Waals surface area (Å²) in [7, 11) is 0. The molecule has 1 rings (SSSR count). The van der Waals surface area contributed by atoms with E-state index < -0.39 is 0 Å². The first kappa shape index (κ1) is 12.3. The molecule has 1 unspecified atom stereocenters. The molecule has 3 heteroatoms. The number of hydrogen-bond acceptors (Lipinski definition) is 3. The van der Waals surface area contributed by atoms with E-state index >= 15 is 0 Å². The molecule has 1 aliphatic rings. The van der Waals surface area contributed by atoms with E-state index in [0.717, 1.165) is 4.38 Å². The fourth-order valence-corrected chi connectivity index (χ4v) is 3.82. The molecule has 0 N–H and O–H groups in total. The lowest BCUT2D eigenvalue weighted by Gasteiger charge is -2.34. The van der Waals surface area contributed by atoms with Crippen molar-refractivity contribution in [3.63, 3.8) is 0 Å². The van der Waals surface area contributed by atoms with Crippen molar-refractivity contribution in [3.8, 4) is 0 Å². The molecular formula is C11H20OS2. The minimum absolute atomic E-state index is 0.498. The quantitative estimate of drug-likeness (QED) is 0.666. The van der Waals surface area contributed by atoms with Crippen LogP contribution in [0.2, 0.25) is 0 Å². The van der Waals surface area contributed by atoms with E-state index in [4.69, 9.17) is 17.0 Å². The molecule has 0 aromatic heterocycles. The van der Waals surface area contributed by atoms with Gasteiger partial charge in [0, 0.05) is 5.25 Å². The Morgan fingerprint density at radius 3 is 2.86 bits per heavy atom. The van der Waals surface area contributed by atoms with Crippen LogP contribution in [0.1, 0.15) is 46.5 Å². The highest BCUT2D eigenvalue weighted by atomic mass is 32.2. The topological polar surface area (TPSA) is 9.23 Å². The van der Waals surface area contributed by atoms with Crippen LogP contribution in [0.4, 0.5) is 0 Å². The number of hydrogen-bond donors (Lipinski definition) is 0. The van der Waals surface area contributed by atoms with Crippen molar-refractivity contribution < 1.29 is 4.74 Å². The van der Waals surface area contributed by atoms with Gasteiger partial charge in [-0.2, -0.15) is 0 Å². The SMILES string of the molecule is CCOC(=S)SC1CCCC(C)(C)C1. The van der Waals surface area contributed by atoms with Crippen LogP contribution in [0.15, 0.2) is 0 Å². The average Bonchev–Trinajstić information content (AvgIpc) is 2.02. The van der Waals surface area contributed by atoms with E-state index in [9.17, 15) is 0 Å². The van der Waals surface area contributed by atoms with Gasteiger partial charge < -0.3 is 4.74 Å². The second-order valence-corrected chi connectivity index (χ2v) is 6.59. The van der Waals surface area contributed by atoms with Crippen LogP contribution in [-0.2, 0) is 4.74 Å². The van der Waals surface area contributed by atoms with Gasteiger partial charge in [0.15, 0.2) is 0 Å². The summed E-state index contributed by atoms with van der Waals surface area (Å²) in [6.07, 6.45) is 5.25. The highest BCUT2D eigenvalue weighted by Gasteiger charge is 2.29. The molecule has 1 aliphatic carbocycles. The van der Waals surface area contributed by atoms with Crippen LogP contribution in [0, 0.1) is 5.41 Å². The predicted molar refractivity (Wildman–Crippen MR) is 67.9 cm³/mol. The van der Waals surface area contributed by atoms with Gasteiger partial charge in [-0.05, 0) is 43.8 Å². The summed E-state index contributed by atoms with van der Waals surface area (Å²) < 4.78 is 6.04. The lowest BCUT2D eigenvalue weighted by atomic mass is 9.77. The van der Waals surface area contributed by atoms with Crippen molar-refractivity contribution in [1.29, 1.82) is 0 Å². The van der Waals surface area contributed by atoms with Crippen molar-refractivity contribution in [1.82, 2.24) is 0 Å². The zero-order valence-corrected chi connectivity index (χ0v) is 11.0. The molecule has 14 heavy (non-hydrogen) atoms. The van der Waals surface area contributed by atoms with E-state index in [2.05, 4.69) is 13.8 Å². The van der Waals surface area contributed by atoms with Crippen LogP contribution < -0.4 is 0 Å². The van der Waals surface area contributed by atoms with Gasteiger partial charge in [0.05, 0.1) is 6.61 Å². The van der Waals surface area contributed by atoms with E-state index in [1.54, 1.807) is 11.8 Å². The Kier molecular flexibility index (Phi) is 4.71. The van der Waals surface area contributed by atoms with Crippen molar-refractivity contribution in [2.75, 3.05) is 6.61 Å². The van der Waals surface area contributed by atoms with Crippen molar-refractivity contribution in [3.05, 3.63) is 0 Å². The van der Waals surface area contributed by atoms with Gasteiger partial charge in [-0.25, -0.2) is 0 Å². The highest BCUT2D eigenvalue weighted by molar-refractivity contribution is 8.23. The van der Waals surface area contributed by atoms with Gasteiger partial charge in [0.1, 0.15) is 0 Å². The monoisotopic (exact) mass is 232 g/mol. The minimum atomic E-state index is 0.498. The molecule has 0 amide bonds. The minimum Gasteiger partial charge on any atom is -0.479 e. The molecule has 1 fully saturated rings. The fourth-order valence-electron chi connectivity index (χ4n) is 2.02. The molecule has 0 spiro atoms. The van der Waals surface area contributed by atoms with E-state index in [-0.39, 0.29) is 0 Å². The molecule has 1 atom stereocenters. The summed E-state index contributed by atoms with van der Waals surface area (Å²) in [6, 6.07) is 0. The van der Waals surface area contributed by atoms with Crippen LogP contribution in [0.25, 0.3) is 0 Å². The lowest BCUT2D eigenvalue weighted by molar-refractivity contribution is 0.251. The molecule has 0 bridgehead atoms. The normalized spacial score (nSPS) is 25.8. The predicted octanol–water partition coefficient (Wildman–Crippen LogP) is 4.01. The molecule has 0 aliphatic heterocycles. The first-order chi connectivity index (χ1) is 6.53. The van der Waals surface area contributed by atoms with E-state index in [1.165, 1.54) is 25.7 Å². The summed E-state index contributed by atoms with van der Waals surface area (Å²) >= 11 is 6.91. The highest BCUT2D eigenvalue weighted by Crippen LogP contribution is 2.40. The average molecular weight is 232 g/mol. The van der Waals surface area contributed by atoms with Crippen molar-refractivity contribution >= 4 is 28.4 Å². The number of rotatable bonds is 2. The summed E-state index contributed by atoms with van der Waals surface area (Å²) in [5.74, 6) is 0. The first-order valence-corrected chi connectivity index (χ1v) is 6.66. The van der Waals surface area contributed by atoms with Gasteiger partial charge in [0.25, 0.3) is 0 Å². The van der Waals surface area contributed by atoms with Crippen LogP contribution >= 0.6 is 24.0 Å². The number of ether oxygens (including phenoxy) is 1. The second kappa shape index (κ2) is 5.36. The molecule has 82 valence electrons. The van der Waals surface area contributed by atoms with Crippen LogP contribution in [0.3, 0.4) is 0 Å². The zero-order chi connectivity index (χ0) is 10.6. The van der Waals surface area contributed by atoms with Crippen LogP contribution in [-0.4, -0.2) is 16.2 Å². The maximum absolute atomic E-state index is 5.31. The molecule has 0 aromatic rings. The Hall–Kier alpha value is 0.240. The number of thioether (sulfide) groups is 1. The van der Waals surface area contributed by atoms with Crippen molar-refractivity contribution in [2.45, 2.75) is 51.7 Å². The molecule has 0 saturated heterocycles. The summed E-state index contributed by atoms with van der Waals surface area (Å²) in [5.41, 5.74) is 0.498. The van der Waals surface area contributed by atoms with Gasteiger partial charge in [-0.15, -0.1) is 0 Å². The van der Waals surface area contributed by atoms with Crippen molar-refractivity contribution in [2.24, 2.45) is 5.41 Å². The summed E-state index contributed by atoms with van der Waals surface area (Å²) in [4.78, 5) is 0. The molecular weight excluding hydrogens is 212 g/mol. The maximum atomic E-state index is 5.31. The van der Waals surface area contributed by atoms with E-state index in [0.29, 0.717) is 17.3 Å². The smallest absolute Gasteiger partial charge is 0.220 e. The Labute approximate surface area is 97.0 Å². The van der Waals surface area contributed by atoms with Gasteiger partial charge in [0.2, 0.25) is 4.38 Å². The summed E-state index contributed by atoms with van der Waals surface area (Å²) in [5, 5.41) is 0.679. The Morgan fingerprint density at radius 2 is 2.29 bits per heavy atom. The summed E-state index contributed by atoms with van der Waals surface area (Å²) in [6.45, 7) is 7.38. The lowest BCUT2D eigenvalue weighted by Crippen LogP contribution is -2.25. The Morgan fingerprint density at radius 1 is 1.57 bits per heavy atom. The first-order valence-electron chi connectivity index (χ1n) is 5.37. The van der Waals surface area contributed by atoms with Crippen LogP contribution in [0.5, 0.6) is 0 Å². The zero-order valence-electron chi connectivity index (χ0n) is 9.34. The standard InChI is InChI=1S/C11H20OS2/c1-4-12-10(13)14-9-6-5-7-11(2,3)8-9/h9H,4-8H2,1-3H3. The largest absolute Gasteiger partial charge is 0.479 e. The third kappa shape index (κ3) is 4.18. The van der Waals surface area contributed by atoms with Gasteiger partial charge >= 0.3 is 0 Å². The third-order valence-electron chi connectivity index (χ3n) is 2.68. The Bertz CT molecular complexity index is 201. The van der Waals surface area contributed by atoms with Gasteiger partial charge in [-0.1, -0.05) is 32.0 Å². The molecule has 1 saturated carbocycles. The molecule has 0 heterocycles. The second-order valence-electron chi connectivity index (χ2n) is 4.68. The molecule has 0 radical (unpaired) electrons. The molecule has 1 nitrogen and oxygen atoms in total. The Balaban J connectivity index is 2.34. The fraction of sp³-hybridized carbons (Fsp3) is 0.909. The number of thiocarbonyl (C=S) groups is 1. The third-order valence-corrected chi connectivity index (χ3v) is 4.14.